The molecule has 0 fully saturated rings. The quantitative estimate of drug-likeness (QED) is 0.389. The van der Waals surface area contributed by atoms with Crippen LogP contribution in [0.2, 0.25) is 5.02 Å². The Kier molecular flexibility index (Phi) is 6.06. The van der Waals surface area contributed by atoms with E-state index in [2.05, 4.69) is 15.5 Å². The van der Waals surface area contributed by atoms with Gasteiger partial charge in [-0.3, -0.25) is 14.5 Å². The number of aromatic hydroxyl groups is 1. The predicted molar refractivity (Wildman–Crippen MR) is 112 cm³/mol. The van der Waals surface area contributed by atoms with E-state index in [1.807, 2.05) is 0 Å². The molecule has 0 atom stereocenters. The minimum absolute atomic E-state index is 0.00687. The molecule has 0 radical (unpaired) electrons. The molecule has 0 saturated heterocycles. The zero-order valence-electron chi connectivity index (χ0n) is 15.2. The van der Waals surface area contributed by atoms with Gasteiger partial charge in [0.15, 0.2) is 20.4 Å². The van der Waals surface area contributed by atoms with E-state index in [-0.39, 0.29) is 33.4 Å². The molecule has 0 spiro atoms. The summed E-state index contributed by atoms with van der Waals surface area (Å²) in [5.41, 5.74) is 0.695. The minimum atomic E-state index is -3.49. The molecule has 0 saturated carbocycles. The fourth-order valence-electron chi connectivity index (χ4n) is 2.59. The number of aromatic amines is 1. The summed E-state index contributed by atoms with van der Waals surface area (Å²) in [6.07, 6.45) is 0. The number of hydrogen-bond donors (Lipinski definition) is 3. The van der Waals surface area contributed by atoms with Gasteiger partial charge in [-0.05, 0) is 54.7 Å². The summed E-state index contributed by atoms with van der Waals surface area (Å²) in [6, 6.07) is 10.6. The monoisotopic (exact) mass is 452 g/mol. The van der Waals surface area contributed by atoms with Gasteiger partial charge >= 0.3 is 0 Å². The maximum Gasteiger partial charge on any atom is 0.244 e. The molecule has 3 N–H and O–H groups in total. The van der Waals surface area contributed by atoms with Gasteiger partial charge in [-0.1, -0.05) is 18.5 Å². The zero-order chi connectivity index (χ0) is 21.2. The minimum Gasteiger partial charge on any atom is -0.506 e. The lowest BCUT2D eigenvalue weighted by molar-refractivity contribution is -0.116. The molecule has 3 rings (SSSR count). The van der Waals surface area contributed by atoms with Crippen molar-refractivity contribution in [2.24, 2.45) is 0 Å². The number of amides is 1. The molecule has 2 aromatic carbocycles. The Morgan fingerprint density at radius 1 is 1.28 bits per heavy atom. The fourth-order valence-corrected chi connectivity index (χ4v) is 3.82. The maximum absolute atomic E-state index is 12.6. The zero-order valence-corrected chi connectivity index (χ0v) is 17.6. The summed E-state index contributed by atoms with van der Waals surface area (Å²) in [4.78, 5) is 12.6. The van der Waals surface area contributed by atoms with E-state index >= 15 is 0 Å². The highest BCUT2D eigenvalue weighted by atomic mass is 35.5. The van der Waals surface area contributed by atoms with Crippen molar-refractivity contribution in [3.63, 3.8) is 0 Å². The average Bonchev–Trinajstić information content (AvgIpc) is 3.04. The molecule has 0 aliphatic carbocycles. The number of aromatic nitrogens is 3. The van der Waals surface area contributed by atoms with Crippen molar-refractivity contribution in [1.29, 1.82) is 0 Å². The lowest BCUT2D eigenvalue weighted by atomic mass is 10.2. The molecule has 1 heterocycles. The van der Waals surface area contributed by atoms with Crippen LogP contribution in [0.5, 0.6) is 5.75 Å². The van der Waals surface area contributed by atoms with E-state index in [4.69, 9.17) is 23.8 Å². The van der Waals surface area contributed by atoms with E-state index in [0.29, 0.717) is 16.4 Å². The molecule has 0 bridgehead atoms. The normalized spacial score (nSPS) is 11.4. The first-order valence-corrected chi connectivity index (χ1v) is 10.9. The van der Waals surface area contributed by atoms with Gasteiger partial charge in [-0.15, -0.1) is 0 Å². The molecule has 29 heavy (non-hydrogen) atoms. The van der Waals surface area contributed by atoms with Crippen molar-refractivity contribution in [2.75, 3.05) is 11.1 Å². The van der Waals surface area contributed by atoms with Crippen LogP contribution in [0.1, 0.15) is 6.92 Å². The van der Waals surface area contributed by atoms with Crippen LogP contribution >= 0.6 is 23.8 Å². The number of anilines is 1. The Morgan fingerprint density at radius 2 is 1.97 bits per heavy atom. The fraction of sp³-hybridized carbons (Fsp3) is 0.167. The van der Waals surface area contributed by atoms with Gasteiger partial charge in [0.25, 0.3) is 0 Å². The summed E-state index contributed by atoms with van der Waals surface area (Å²) in [5, 5.41) is 19.9. The predicted octanol–water partition coefficient (Wildman–Crippen LogP) is 3.40. The van der Waals surface area contributed by atoms with Crippen molar-refractivity contribution in [3.05, 3.63) is 52.3 Å². The van der Waals surface area contributed by atoms with Gasteiger partial charge in [0.2, 0.25) is 5.91 Å². The van der Waals surface area contributed by atoms with Crippen LogP contribution in [0.4, 0.5) is 5.69 Å². The smallest absolute Gasteiger partial charge is 0.244 e. The number of nitrogens with one attached hydrogen (secondary N) is 2. The van der Waals surface area contributed by atoms with Crippen molar-refractivity contribution >= 4 is 45.3 Å². The van der Waals surface area contributed by atoms with E-state index in [1.165, 1.54) is 29.7 Å². The number of hydrogen-bond acceptors (Lipinski definition) is 6. The number of rotatable bonds is 6. The Labute approximate surface area is 177 Å². The van der Waals surface area contributed by atoms with Crippen molar-refractivity contribution in [2.45, 2.75) is 18.4 Å². The van der Waals surface area contributed by atoms with Gasteiger partial charge in [0.05, 0.1) is 16.3 Å². The van der Waals surface area contributed by atoms with Gasteiger partial charge in [0, 0.05) is 10.6 Å². The first-order valence-electron chi connectivity index (χ1n) is 8.48. The average molecular weight is 453 g/mol. The molecule has 152 valence electrons. The second-order valence-corrected chi connectivity index (χ2v) is 9.18. The third-order valence-electron chi connectivity index (χ3n) is 4.14. The van der Waals surface area contributed by atoms with Crippen LogP contribution in [0.25, 0.3) is 11.4 Å². The number of phenols is 1. The highest BCUT2D eigenvalue weighted by Gasteiger charge is 2.17. The lowest BCUT2D eigenvalue weighted by Crippen LogP contribution is -2.20. The standard InChI is InChI=1S/C18H17ClN4O4S2/c1-2-29(26,27)13-7-8-15(24)14(9-13)20-16(25)10-23-17(21-22-18(23)28)11-3-5-12(19)6-4-11/h3-9,24H,2,10H2,1H3,(H,20,25)(H,22,28). The van der Waals surface area contributed by atoms with Crippen LogP contribution in [0, 0.1) is 4.77 Å². The van der Waals surface area contributed by atoms with E-state index in [0.717, 1.165) is 0 Å². The first-order chi connectivity index (χ1) is 13.7. The van der Waals surface area contributed by atoms with Crippen molar-refractivity contribution < 1.29 is 18.3 Å². The number of benzene rings is 2. The van der Waals surface area contributed by atoms with Crippen molar-refractivity contribution in [3.8, 4) is 17.1 Å². The molecular weight excluding hydrogens is 436 g/mol. The summed E-state index contributed by atoms with van der Waals surface area (Å²) >= 11 is 11.1. The summed E-state index contributed by atoms with van der Waals surface area (Å²) in [5.74, 6) is -0.422. The summed E-state index contributed by atoms with van der Waals surface area (Å²) < 4.78 is 25.8. The molecule has 1 amide bonds. The summed E-state index contributed by atoms with van der Waals surface area (Å²) in [6.45, 7) is 1.32. The van der Waals surface area contributed by atoms with Gasteiger partial charge in [-0.25, -0.2) is 8.42 Å². The Hall–Kier alpha value is -2.69. The van der Waals surface area contributed by atoms with Crippen molar-refractivity contribution in [1.82, 2.24) is 14.8 Å². The molecule has 0 unspecified atom stereocenters. The van der Waals surface area contributed by atoms with Gasteiger partial charge in [0.1, 0.15) is 12.3 Å². The van der Waals surface area contributed by atoms with Crippen LogP contribution in [-0.4, -0.2) is 39.9 Å². The molecular formula is C18H17ClN4O4S2. The number of carbonyl (C=O) groups is 1. The third kappa shape index (κ3) is 4.66. The number of H-pyrrole nitrogens is 1. The maximum atomic E-state index is 12.6. The molecule has 11 heteroatoms. The molecule has 0 aliphatic rings. The van der Waals surface area contributed by atoms with E-state index in [9.17, 15) is 18.3 Å². The highest BCUT2D eigenvalue weighted by molar-refractivity contribution is 7.91. The number of carbonyl (C=O) groups excluding carboxylic acids is 1. The highest BCUT2D eigenvalue weighted by Crippen LogP contribution is 2.27. The second kappa shape index (κ2) is 8.36. The third-order valence-corrected chi connectivity index (χ3v) is 6.44. The van der Waals surface area contributed by atoms with Gasteiger partial charge in [-0.2, -0.15) is 5.10 Å². The van der Waals surface area contributed by atoms with Crippen LogP contribution in [0.3, 0.4) is 0 Å². The number of halogens is 1. The molecule has 8 nitrogen and oxygen atoms in total. The Morgan fingerprint density at radius 3 is 2.62 bits per heavy atom. The first kappa shape index (κ1) is 21.0. The number of nitrogens with zero attached hydrogens (tertiary/aromatic N) is 2. The Balaban J connectivity index is 1.86. The largest absolute Gasteiger partial charge is 0.506 e. The van der Waals surface area contributed by atoms with Crippen LogP contribution in [-0.2, 0) is 21.2 Å². The number of phenolic OH excluding ortho intramolecular Hbond substituents is 1. The summed E-state index contributed by atoms with van der Waals surface area (Å²) in [7, 11) is -3.49. The van der Waals surface area contributed by atoms with Gasteiger partial charge < -0.3 is 10.4 Å². The molecule has 3 aromatic rings. The van der Waals surface area contributed by atoms with Crippen LogP contribution < -0.4 is 5.32 Å². The topological polar surface area (TPSA) is 117 Å². The second-order valence-electron chi connectivity index (χ2n) is 6.08. The SMILES string of the molecule is CCS(=O)(=O)c1ccc(O)c(NC(=O)Cn2c(-c3ccc(Cl)cc3)n[nH]c2=S)c1. The molecule has 1 aromatic heterocycles. The van der Waals surface area contributed by atoms with E-state index < -0.39 is 15.7 Å². The van der Waals surface area contributed by atoms with Crippen LogP contribution in [0.15, 0.2) is 47.4 Å². The lowest BCUT2D eigenvalue weighted by Gasteiger charge is -2.11. The Bertz CT molecular complexity index is 1220. The van der Waals surface area contributed by atoms with E-state index in [1.54, 1.807) is 24.3 Å². The number of sulfone groups is 1. The molecule has 0 aliphatic heterocycles.